The van der Waals surface area contributed by atoms with Gasteiger partial charge in [-0.3, -0.25) is 4.79 Å². The minimum Gasteiger partial charge on any atom is -0.507 e. The number of anilines is 1. The summed E-state index contributed by atoms with van der Waals surface area (Å²) in [4.78, 5) is 11.8. The lowest BCUT2D eigenvalue weighted by Gasteiger charge is -2.17. The van der Waals surface area contributed by atoms with E-state index in [1.807, 2.05) is 20.8 Å². The molecule has 4 heteroatoms. The molecule has 1 amide bonds. The fourth-order valence-corrected chi connectivity index (χ4v) is 1.49. The average Bonchev–Trinajstić information content (AvgIpc) is 2.28. The van der Waals surface area contributed by atoms with Crippen molar-refractivity contribution < 1.29 is 9.90 Å². The van der Waals surface area contributed by atoms with E-state index in [1.54, 1.807) is 19.1 Å². The molecule has 0 aliphatic rings. The molecule has 1 aromatic rings. The summed E-state index contributed by atoms with van der Waals surface area (Å²) < 4.78 is 0. The molecule has 0 aromatic heterocycles. The fraction of sp³-hybridized carbons (Fsp3) is 0.462. The third kappa shape index (κ3) is 2.97. The van der Waals surface area contributed by atoms with Gasteiger partial charge in [0, 0.05) is 11.3 Å². The molecule has 17 heavy (non-hydrogen) atoms. The number of hydrogen-bond donors (Lipinski definition) is 3. The van der Waals surface area contributed by atoms with Gasteiger partial charge in [-0.25, -0.2) is 0 Å². The maximum atomic E-state index is 11.8. The van der Waals surface area contributed by atoms with Gasteiger partial charge in [0.1, 0.15) is 5.75 Å². The van der Waals surface area contributed by atoms with E-state index in [2.05, 4.69) is 5.32 Å². The fourth-order valence-electron chi connectivity index (χ4n) is 1.49. The molecule has 4 nitrogen and oxygen atoms in total. The summed E-state index contributed by atoms with van der Waals surface area (Å²) >= 11 is 0. The van der Waals surface area contributed by atoms with E-state index in [0.29, 0.717) is 11.3 Å². The maximum absolute atomic E-state index is 11.8. The Hall–Kier alpha value is -1.55. The van der Waals surface area contributed by atoms with Crippen LogP contribution in [0.4, 0.5) is 5.69 Å². The standard InChI is InChI=1S/C13H20N2O2/c1-7(2)11(14)13(17)15-10-6-5-8(3)12(16)9(10)4/h5-7,11,16H,14H2,1-4H3,(H,15,17)/t11-/m0/s1. The normalized spacial score (nSPS) is 12.6. The minimum absolute atomic E-state index is 0.0781. The summed E-state index contributed by atoms with van der Waals surface area (Å²) in [5, 5.41) is 12.5. The van der Waals surface area contributed by atoms with Gasteiger partial charge in [0.05, 0.1) is 6.04 Å². The van der Waals surface area contributed by atoms with Crippen LogP contribution in [0.15, 0.2) is 12.1 Å². The molecule has 1 atom stereocenters. The van der Waals surface area contributed by atoms with Crippen molar-refractivity contribution in [1.29, 1.82) is 0 Å². The Morgan fingerprint density at radius 3 is 2.47 bits per heavy atom. The van der Waals surface area contributed by atoms with Crippen LogP contribution in [0.3, 0.4) is 0 Å². The molecule has 0 fully saturated rings. The number of hydrogen-bond acceptors (Lipinski definition) is 3. The zero-order chi connectivity index (χ0) is 13.2. The summed E-state index contributed by atoms with van der Waals surface area (Å²) in [6.07, 6.45) is 0. The summed E-state index contributed by atoms with van der Waals surface area (Å²) in [5.41, 5.74) is 7.80. The molecule has 1 aromatic carbocycles. The molecule has 1 rings (SSSR count). The van der Waals surface area contributed by atoms with Crippen molar-refractivity contribution in [2.75, 3.05) is 5.32 Å². The quantitative estimate of drug-likeness (QED) is 0.750. The van der Waals surface area contributed by atoms with Crippen LogP contribution in [0.25, 0.3) is 0 Å². The van der Waals surface area contributed by atoms with E-state index in [0.717, 1.165) is 5.56 Å². The molecule has 0 aliphatic heterocycles. The van der Waals surface area contributed by atoms with Crippen molar-refractivity contribution in [2.24, 2.45) is 11.7 Å². The smallest absolute Gasteiger partial charge is 0.241 e. The predicted molar refractivity (Wildman–Crippen MR) is 69.0 cm³/mol. The molecule has 94 valence electrons. The van der Waals surface area contributed by atoms with Crippen LogP contribution in [0, 0.1) is 19.8 Å². The first-order valence-electron chi connectivity index (χ1n) is 5.70. The Morgan fingerprint density at radius 2 is 1.94 bits per heavy atom. The highest BCUT2D eigenvalue weighted by Crippen LogP contribution is 2.28. The third-order valence-corrected chi connectivity index (χ3v) is 2.91. The number of phenolic OH excluding ortho intramolecular Hbond substituents is 1. The number of aryl methyl sites for hydroxylation is 1. The molecule has 4 N–H and O–H groups in total. The van der Waals surface area contributed by atoms with E-state index >= 15 is 0 Å². The monoisotopic (exact) mass is 236 g/mol. The van der Waals surface area contributed by atoms with Gasteiger partial charge in [-0.15, -0.1) is 0 Å². The number of carbonyl (C=O) groups excluding carboxylic acids is 1. The van der Waals surface area contributed by atoms with Crippen LogP contribution < -0.4 is 11.1 Å². The first kappa shape index (κ1) is 13.5. The predicted octanol–water partition coefficient (Wildman–Crippen LogP) is 1.93. The summed E-state index contributed by atoms with van der Waals surface area (Å²) in [5.74, 6) is 0.0571. The van der Waals surface area contributed by atoms with Crippen molar-refractivity contribution in [2.45, 2.75) is 33.7 Å². The Kier molecular flexibility index (Phi) is 4.12. The Labute approximate surface area is 102 Å². The number of rotatable bonds is 3. The van der Waals surface area contributed by atoms with Crippen molar-refractivity contribution in [1.82, 2.24) is 0 Å². The van der Waals surface area contributed by atoms with E-state index in [4.69, 9.17) is 5.73 Å². The van der Waals surface area contributed by atoms with Gasteiger partial charge in [-0.2, -0.15) is 0 Å². The van der Waals surface area contributed by atoms with E-state index in [-0.39, 0.29) is 17.6 Å². The summed E-state index contributed by atoms with van der Waals surface area (Å²) in [7, 11) is 0. The molecule has 0 aliphatic carbocycles. The highest BCUT2D eigenvalue weighted by atomic mass is 16.3. The molecule has 0 radical (unpaired) electrons. The van der Waals surface area contributed by atoms with Crippen molar-refractivity contribution in [3.05, 3.63) is 23.3 Å². The van der Waals surface area contributed by atoms with E-state index in [9.17, 15) is 9.90 Å². The second kappa shape index (κ2) is 5.19. The second-order valence-corrected chi connectivity index (χ2v) is 4.66. The number of carbonyl (C=O) groups is 1. The number of amides is 1. The van der Waals surface area contributed by atoms with Crippen molar-refractivity contribution in [3.8, 4) is 5.75 Å². The van der Waals surface area contributed by atoms with Gasteiger partial charge < -0.3 is 16.2 Å². The molecule has 0 heterocycles. The lowest BCUT2D eigenvalue weighted by Crippen LogP contribution is -2.39. The van der Waals surface area contributed by atoms with Crippen molar-refractivity contribution >= 4 is 11.6 Å². The zero-order valence-corrected chi connectivity index (χ0v) is 10.7. The molecule has 0 bridgehead atoms. The number of nitrogens with one attached hydrogen (secondary N) is 1. The average molecular weight is 236 g/mol. The zero-order valence-electron chi connectivity index (χ0n) is 10.7. The van der Waals surface area contributed by atoms with Crippen LogP contribution in [0.5, 0.6) is 5.75 Å². The lowest BCUT2D eigenvalue weighted by molar-refractivity contribution is -0.118. The summed E-state index contributed by atoms with van der Waals surface area (Å²) in [6.45, 7) is 7.36. The molecular weight excluding hydrogens is 216 g/mol. The second-order valence-electron chi connectivity index (χ2n) is 4.66. The van der Waals surface area contributed by atoms with Gasteiger partial charge in [0.15, 0.2) is 0 Å². The number of phenols is 1. The molecule has 0 saturated carbocycles. The Bertz CT molecular complexity index is 428. The number of nitrogens with two attached hydrogens (primary N) is 1. The third-order valence-electron chi connectivity index (χ3n) is 2.91. The SMILES string of the molecule is Cc1ccc(NC(=O)[C@@H](N)C(C)C)c(C)c1O. The van der Waals surface area contributed by atoms with Crippen LogP contribution in [-0.4, -0.2) is 17.1 Å². The first-order chi connectivity index (χ1) is 7.84. The topological polar surface area (TPSA) is 75.4 Å². The number of benzene rings is 1. The van der Waals surface area contributed by atoms with Gasteiger partial charge in [0.2, 0.25) is 5.91 Å². The van der Waals surface area contributed by atoms with Crippen LogP contribution in [0.2, 0.25) is 0 Å². The van der Waals surface area contributed by atoms with E-state index in [1.165, 1.54) is 0 Å². The van der Waals surface area contributed by atoms with E-state index < -0.39 is 6.04 Å². The largest absolute Gasteiger partial charge is 0.507 e. The van der Waals surface area contributed by atoms with Gasteiger partial charge in [-0.05, 0) is 31.4 Å². The summed E-state index contributed by atoms with van der Waals surface area (Å²) in [6, 6.07) is 2.99. The maximum Gasteiger partial charge on any atom is 0.241 e. The van der Waals surface area contributed by atoms with Gasteiger partial charge in [0.25, 0.3) is 0 Å². The highest BCUT2D eigenvalue weighted by Gasteiger charge is 2.18. The van der Waals surface area contributed by atoms with Crippen LogP contribution in [0.1, 0.15) is 25.0 Å². The molecule has 0 spiro atoms. The van der Waals surface area contributed by atoms with Gasteiger partial charge in [-0.1, -0.05) is 19.9 Å². The molecule has 0 unspecified atom stereocenters. The molecular formula is C13H20N2O2. The van der Waals surface area contributed by atoms with Crippen LogP contribution in [-0.2, 0) is 4.79 Å². The first-order valence-corrected chi connectivity index (χ1v) is 5.70. The molecule has 0 saturated heterocycles. The Morgan fingerprint density at radius 1 is 1.35 bits per heavy atom. The van der Waals surface area contributed by atoms with Gasteiger partial charge >= 0.3 is 0 Å². The Balaban J connectivity index is 2.90. The number of aromatic hydroxyl groups is 1. The minimum atomic E-state index is -0.544. The van der Waals surface area contributed by atoms with Crippen molar-refractivity contribution in [3.63, 3.8) is 0 Å². The highest BCUT2D eigenvalue weighted by molar-refractivity contribution is 5.95. The van der Waals surface area contributed by atoms with Crippen LogP contribution >= 0.6 is 0 Å². The lowest BCUT2D eigenvalue weighted by atomic mass is 10.0.